The summed E-state index contributed by atoms with van der Waals surface area (Å²) in [4.78, 5) is 0.149. The van der Waals surface area contributed by atoms with Crippen LogP contribution in [0.3, 0.4) is 0 Å². The Labute approximate surface area is 152 Å². The molecule has 1 aromatic carbocycles. The van der Waals surface area contributed by atoms with Gasteiger partial charge < -0.3 is 9.84 Å². The highest BCUT2D eigenvalue weighted by molar-refractivity contribution is 7.89. The molecule has 0 bridgehead atoms. The molecule has 0 radical (unpaired) electrons. The van der Waals surface area contributed by atoms with Crippen LogP contribution in [0.15, 0.2) is 33.7 Å². The van der Waals surface area contributed by atoms with E-state index in [1.54, 1.807) is 19.9 Å². The largest absolute Gasteiger partial charge is 0.360 e. The van der Waals surface area contributed by atoms with E-state index in [0.717, 1.165) is 5.56 Å². The number of piperazine rings is 1. The van der Waals surface area contributed by atoms with Gasteiger partial charge in [-0.2, -0.15) is 4.31 Å². The summed E-state index contributed by atoms with van der Waals surface area (Å²) in [6.45, 7) is 4.70. The molecule has 1 N–H and O–H groups in total. The van der Waals surface area contributed by atoms with Crippen LogP contribution < -0.4 is 5.32 Å². The average molecular weight is 392 g/mol. The molecule has 9 heteroatoms. The van der Waals surface area contributed by atoms with Crippen LogP contribution in [0.1, 0.15) is 23.1 Å². The Kier molecular flexibility index (Phi) is 5.93. The van der Waals surface area contributed by atoms with Gasteiger partial charge in [0.15, 0.2) is 5.76 Å². The molecular formula is C15H19Cl2N3O3S. The van der Waals surface area contributed by atoms with Crippen LogP contribution in [0.5, 0.6) is 0 Å². The molecular weight excluding hydrogens is 373 g/mol. The van der Waals surface area contributed by atoms with Gasteiger partial charge in [0.05, 0.1) is 6.04 Å². The second-order valence-corrected chi connectivity index (χ2v) is 7.75. The minimum absolute atomic E-state index is 0. The number of sulfonamides is 1. The second kappa shape index (κ2) is 7.41. The van der Waals surface area contributed by atoms with Crippen LogP contribution in [0.2, 0.25) is 5.02 Å². The Morgan fingerprint density at radius 3 is 2.67 bits per heavy atom. The predicted molar refractivity (Wildman–Crippen MR) is 94.2 cm³/mol. The summed E-state index contributed by atoms with van der Waals surface area (Å²) in [7, 11) is -3.72. The number of aryl methyl sites for hydroxylation is 2. The molecule has 2 heterocycles. The van der Waals surface area contributed by atoms with Crippen LogP contribution in [0, 0.1) is 13.8 Å². The van der Waals surface area contributed by atoms with E-state index in [1.165, 1.54) is 4.31 Å². The molecule has 132 valence electrons. The van der Waals surface area contributed by atoms with Crippen molar-refractivity contribution in [2.24, 2.45) is 0 Å². The van der Waals surface area contributed by atoms with Crippen molar-refractivity contribution in [3.05, 3.63) is 46.3 Å². The molecule has 1 atom stereocenters. The van der Waals surface area contributed by atoms with Crippen LogP contribution in [0.4, 0.5) is 0 Å². The molecule has 0 saturated carbocycles. The summed E-state index contributed by atoms with van der Waals surface area (Å²) >= 11 is 6.28. The van der Waals surface area contributed by atoms with Gasteiger partial charge in [-0.3, -0.25) is 0 Å². The minimum atomic E-state index is -3.72. The Bertz CT molecular complexity index is 804. The number of aromatic nitrogens is 1. The lowest BCUT2D eigenvalue weighted by Crippen LogP contribution is -2.48. The van der Waals surface area contributed by atoms with E-state index < -0.39 is 10.0 Å². The van der Waals surface area contributed by atoms with E-state index in [0.29, 0.717) is 36.1 Å². The van der Waals surface area contributed by atoms with Crippen LogP contribution in [-0.4, -0.2) is 37.5 Å². The summed E-state index contributed by atoms with van der Waals surface area (Å²) < 4.78 is 32.8. The monoisotopic (exact) mass is 391 g/mol. The normalized spacial score (nSPS) is 19.0. The predicted octanol–water partition coefficient (Wildman–Crippen LogP) is 2.70. The number of rotatable bonds is 3. The van der Waals surface area contributed by atoms with Crippen LogP contribution in [-0.2, 0) is 10.0 Å². The minimum Gasteiger partial charge on any atom is -0.360 e. The molecule has 6 nitrogen and oxygen atoms in total. The fourth-order valence-electron chi connectivity index (χ4n) is 2.94. The highest BCUT2D eigenvalue weighted by atomic mass is 35.5. The maximum absolute atomic E-state index is 13.1. The molecule has 1 aromatic heterocycles. The third-order valence-corrected chi connectivity index (χ3v) is 6.49. The van der Waals surface area contributed by atoms with Crippen molar-refractivity contribution in [2.75, 3.05) is 19.6 Å². The maximum atomic E-state index is 13.1. The van der Waals surface area contributed by atoms with E-state index in [4.69, 9.17) is 16.1 Å². The van der Waals surface area contributed by atoms with E-state index >= 15 is 0 Å². The lowest BCUT2D eigenvalue weighted by molar-refractivity contribution is 0.271. The van der Waals surface area contributed by atoms with Gasteiger partial charge in [-0.1, -0.05) is 35.0 Å². The van der Waals surface area contributed by atoms with Crippen LogP contribution >= 0.6 is 24.0 Å². The summed E-state index contributed by atoms with van der Waals surface area (Å²) in [5, 5.41) is 7.56. The fourth-order valence-corrected chi connectivity index (χ4v) is 5.11. The third kappa shape index (κ3) is 3.32. The topological polar surface area (TPSA) is 75.4 Å². The smallest absolute Gasteiger partial charge is 0.249 e. The quantitative estimate of drug-likeness (QED) is 0.870. The molecule has 1 saturated heterocycles. The molecule has 0 amide bonds. The Morgan fingerprint density at radius 1 is 1.33 bits per heavy atom. The van der Waals surface area contributed by atoms with E-state index in [-0.39, 0.29) is 23.3 Å². The van der Waals surface area contributed by atoms with Crippen molar-refractivity contribution in [3.8, 4) is 0 Å². The van der Waals surface area contributed by atoms with Gasteiger partial charge in [0.2, 0.25) is 10.0 Å². The summed E-state index contributed by atoms with van der Waals surface area (Å²) in [5.74, 6) is 0.305. The summed E-state index contributed by atoms with van der Waals surface area (Å²) in [5.41, 5.74) is 1.16. The molecule has 0 spiro atoms. The van der Waals surface area contributed by atoms with E-state index in [9.17, 15) is 8.42 Å². The maximum Gasteiger partial charge on any atom is 0.249 e. The van der Waals surface area contributed by atoms with Gasteiger partial charge in [0.1, 0.15) is 10.6 Å². The number of halogens is 2. The molecule has 3 rings (SSSR count). The third-order valence-electron chi connectivity index (χ3n) is 3.99. The van der Waals surface area contributed by atoms with Gasteiger partial charge in [-0.25, -0.2) is 8.42 Å². The molecule has 2 aromatic rings. The van der Waals surface area contributed by atoms with Crippen molar-refractivity contribution in [1.82, 2.24) is 14.8 Å². The molecule has 0 aliphatic carbocycles. The van der Waals surface area contributed by atoms with Crippen molar-refractivity contribution in [1.29, 1.82) is 0 Å². The van der Waals surface area contributed by atoms with E-state index in [2.05, 4.69) is 10.5 Å². The van der Waals surface area contributed by atoms with Crippen molar-refractivity contribution in [3.63, 3.8) is 0 Å². The zero-order valence-electron chi connectivity index (χ0n) is 13.3. The number of hydrogen-bond donors (Lipinski definition) is 1. The molecule has 1 fully saturated rings. The number of nitrogens with zero attached hydrogens (tertiary/aromatic N) is 2. The fraction of sp³-hybridized carbons (Fsp3) is 0.400. The first kappa shape index (κ1) is 19.2. The zero-order chi connectivity index (χ0) is 16.6. The first-order valence-electron chi connectivity index (χ1n) is 7.33. The Morgan fingerprint density at radius 2 is 2.04 bits per heavy atom. The van der Waals surface area contributed by atoms with Crippen molar-refractivity contribution in [2.45, 2.75) is 24.8 Å². The van der Waals surface area contributed by atoms with Gasteiger partial charge in [-0.05, 0) is 25.5 Å². The van der Waals surface area contributed by atoms with E-state index in [1.807, 2.05) is 18.2 Å². The number of hydrogen-bond acceptors (Lipinski definition) is 5. The first-order chi connectivity index (χ1) is 10.9. The lowest BCUT2D eigenvalue weighted by Gasteiger charge is -2.35. The standard InChI is InChI=1S/C15H18ClN3O3S.ClH/c1-10-15(11(2)22-18-10)23(20,21)19-8-7-17-9-14(19)12-5-3-4-6-13(12)16;/h3-6,14,17H,7-9H2,1-2H3;1H. The van der Waals surface area contributed by atoms with Crippen molar-refractivity contribution >= 4 is 34.0 Å². The second-order valence-electron chi connectivity index (χ2n) is 5.51. The first-order valence-corrected chi connectivity index (χ1v) is 9.14. The molecule has 24 heavy (non-hydrogen) atoms. The molecule has 1 unspecified atom stereocenters. The average Bonchev–Trinajstić information content (AvgIpc) is 2.87. The van der Waals surface area contributed by atoms with Gasteiger partial charge in [0, 0.05) is 24.7 Å². The molecule has 1 aliphatic rings. The van der Waals surface area contributed by atoms with Gasteiger partial charge in [-0.15, -0.1) is 12.4 Å². The van der Waals surface area contributed by atoms with Crippen molar-refractivity contribution < 1.29 is 12.9 Å². The Hall–Kier alpha value is -1.12. The Balaban J connectivity index is 0.00000208. The highest BCUT2D eigenvalue weighted by Crippen LogP contribution is 2.34. The van der Waals surface area contributed by atoms with Crippen LogP contribution in [0.25, 0.3) is 0 Å². The lowest BCUT2D eigenvalue weighted by atomic mass is 10.1. The highest BCUT2D eigenvalue weighted by Gasteiger charge is 2.38. The summed E-state index contributed by atoms with van der Waals surface area (Å²) in [6, 6.07) is 6.95. The zero-order valence-corrected chi connectivity index (χ0v) is 15.7. The van der Waals surface area contributed by atoms with Gasteiger partial charge >= 0.3 is 0 Å². The number of benzene rings is 1. The summed E-state index contributed by atoms with van der Waals surface area (Å²) in [6.07, 6.45) is 0. The number of nitrogens with one attached hydrogen (secondary N) is 1. The van der Waals surface area contributed by atoms with Gasteiger partial charge in [0.25, 0.3) is 0 Å². The molecule has 1 aliphatic heterocycles. The SMILES string of the molecule is Cc1noc(C)c1S(=O)(=O)N1CCNCC1c1ccccc1Cl.Cl.